The lowest BCUT2D eigenvalue weighted by Gasteiger charge is -2.28. The molecule has 0 radical (unpaired) electrons. The molecular formula is C34H30N6O3. The van der Waals surface area contributed by atoms with Gasteiger partial charge in [0.15, 0.2) is 0 Å². The summed E-state index contributed by atoms with van der Waals surface area (Å²) in [6, 6.07) is 21.7. The van der Waals surface area contributed by atoms with Crippen molar-refractivity contribution in [2.24, 2.45) is 0 Å². The summed E-state index contributed by atoms with van der Waals surface area (Å²) in [5, 5.41) is 23.2. The number of aromatic nitrogens is 2. The lowest BCUT2D eigenvalue weighted by molar-refractivity contribution is -0.384. The second-order valence-electron chi connectivity index (χ2n) is 10.3. The van der Waals surface area contributed by atoms with E-state index in [0.29, 0.717) is 23.9 Å². The van der Waals surface area contributed by atoms with Crippen LogP contribution in [0.1, 0.15) is 40.7 Å². The van der Waals surface area contributed by atoms with Crippen molar-refractivity contribution in [2.45, 2.75) is 33.2 Å². The minimum Gasteiger partial charge on any atom is -0.438 e. The number of nitrogens with zero attached hydrogens (tertiary/aromatic N) is 5. The zero-order valence-electron chi connectivity index (χ0n) is 24.0. The van der Waals surface area contributed by atoms with Gasteiger partial charge in [0, 0.05) is 55.3 Å². The van der Waals surface area contributed by atoms with Gasteiger partial charge in [0.2, 0.25) is 11.8 Å². The van der Waals surface area contributed by atoms with Crippen LogP contribution in [0.3, 0.4) is 0 Å². The summed E-state index contributed by atoms with van der Waals surface area (Å²) >= 11 is 0. The largest absolute Gasteiger partial charge is 0.438 e. The third-order valence-corrected chi connectivity index (χ3v) is 7.09. The maximum absolute atomic E-state index is 11.0. The van der Waals surface area contributed by atoms with Gasteiger partial charge in [-0.15, -0.1) is 0 Å². The summed E-state index contributed by atoms with van der Waals surface area (Å²) in [5.41, 5.74) is 6.56. The Labute approximate surface area is 250 Å². The molecule has 0 spiro atoms. The molecule has 3 aromatic carbocycles. The molecule has 1 aliphatic rings. The number of hydrogen-bond donors (Lipinski definition) is 1. The molecule has 0 unspecified atom stereocenters. The van der Waals surface area contributed by atoms with Crippen LogP contribution in [0.5, 0.6) is 11.6 Å². The number of non-ortho nitro benzene ring substituents is 1. The van der Waals surface area contributed by atoms with Gasteiger partial charge in [-0.3, -0.25) is 15.0 Å². The summed E-state index contributed by atoms with van der Waals surface area (Å²) in [7, 11) is 0. The van der Waals surface area contributed by atoms with Crippen LogP contribution < -0.4 is 10.1 Å². The number of benzene rings is 3. The van der Waals surface area contributed by atoms with Crippen molar-refractivity contribution in [3.05, 3.63) is 123 Å². The number of ether oxygens (including phenoxy) is 1. The van der Waals surface area contributed by atoms with Gasteiger partial charge in [0.1, 0.15) is 5.75 Å². The fraction of sp³-hybridized carbons (Fsp3) is 0.206. The minimum atomic E-state index is -0.352. The van der Waals surface area contributed by atoms with Crippen LogP contribution >= 0.6 is 0 Å². The molecule has 1 saturated heterocycles. The van der Waals surface area contributed by atoms with Crippen molar-refractivity contribution in [3.63, 3.8) is 0 Å². The van der Waals surface area contributed by atoms with Crippen molar-refractivity contribution in [2.75, 3.05) is 18.4 Å². The lowest BCUT2D eigenvalue weighted by Crippen LogP contribution is -2.30. The third-order valence-electron chi connectivity index (χ3n) is 7.09. The molecule has 1 aromatic heterocycles. The number of rotatable bonds is 7. The Balaban J connectivity index is 1.18. The summed E-state index contributed by atoms with van der Waals surface area (Å²) in [6.45, 7) is 6.47. The highest BCUT2D eigenvalue weighted by Gasteiger charge is 2.15. The monoisotopic (exact) mass is 570 g/mol. The second kappa shape index (κ2) is 13.4. The van der Waals surface area contributed by atoms with Crippen LogP contribution in [0.25, 0.3) is 0 Å². The molecule has 1 N–H and O–H groups in total. The van der Waals surface area contributed by atoms with Crippen LogP contribution in [0.15, 0.2) is 84.6 Å². The predicted octanol–water partition coefficient (Wildman–Crippen LogP) is 6.98. The van der Waals surface area contributed by atoms with E-state index in [9.17, 15) is 10.1 Å². The predicted molar refractivity (Wildman–Crippen MR) is 165 cm³/mol. The molecule has 1 fully saturated rings. The summed E-state index contributed by atoms with van der Waals surface area (Å²) in [6.07, 6.45) is 5.50. The standard InChI is InChI=1S/C34H30N6O3/c1-24-19-28(6-3-5-26-14-17-39(18-15-26)23-29-7-4-8-31(21-29)40(41)42)20-25(2)33(24)43-32-13-16-36-34(38-32)37-30-11-9-27(22-35)10-12-30/h4-5,7-13,16,19-21H,14-15,17-18,23H2,1-2H3,(H,36,37,38). The second-order valence-corrected chi connectivity index (χ2v) is 10.3. The van der Waals surface area contributed by atoms with Crippen LogP contribution in [-0.4, -0.2) is 32.9 Å². The normalized spacial score (nSPS) is 12.9. The van der Waals surface area contributed by atoms with Gasteiger partial charge in [-0.1, -0.05) is 29.5 Å². The van der Waals surface area contributed by atoms with Gasteiger partial charge in [-0.25, -0.2) is 4.98 Å². The van der Waals surface area contributed by atoms with Crippen molar-refractivity contribution in [1.29, 1.82) is 5.26 Å². The van der Waals surface area contributed by atoms with E-state index in [1.54, 1.807) is 48.7 Å². The Morgan fingerprint density at radius 1 is 1.05 bits per heavy atom. The molecule has 2 heterocycles. The molecule has 9 heteroatoms. The lowest BCUT2D eigenvalue weighted by atomic mass is 10.0. The molecule has 0 bridgehead atoms. The number of piperidine rings is 1. The van der Waals surface area contributed by atoms with Crippen LogP contribution in [0.2, 0.25) is 0 Å². The summed E-state index contributed by atoms with van der Waals surface area (Å²) < 4.78 is 6.15. The van der Waals surface area contributed by atoms with Gasteiger partial charge in [0.05, 0.1) is 16.6 Å². The van der Waals surface area contributed by atoms with Crippen LogP contribution in [-0.2, 0) is 6.54 Å². The number of aryl methyl sites for hydroxylation is 2. The molecule has 0 amide bonds. The van der Waals surface area contributed by atoms with Gasteiger partial charge in [-0.2, -0.15) is 10.2 Å². The molecule has 4 aromatic rings. The van der Waals surface area contributed by atoms with Crippen LogP contribution in [0, 0.1) is 47.1 Å². The number of anilines is 2. The van der Waals surface area contributed by atoms with Crippen molar-refractivity contribution < 1.29 is 9.66 Å². The zero-order chi connectivity index (χ0) is 30.2. The van der Waals surface area contributed by atoms with Crippen molar-refractivity contribution >= 4 is 17.3 Å². The molecule has 1 aliphatic heterocycles. The highest BCUT2D eigenvalue weighted by atomic mass is 16.6. The number of nitriles is 1. The van der Waals surface area contributed by atoms with E-state index < -0.39 is 0 Å². The van der Waals surface area contributed by atoms with Crippen LogP contribution in [0.4, 0.5) is 17.3 Å². The Morgan fingerprint density at radius 3 is 2.49 bits per heavy atom. The topological polar surface area (TPSA) is 117 Å². The number of nitrogens with one attached hydrogen (secondary N) is 1. The van der Waals surface area contributed by atoms with Gasteiger partial charge >= 0.3 is 0 Å². The van der Waals surface area contributed by atoms with E-state index in [4.69, 9.17) is 10.00 Å². The highest BCUT2D eigenvalue weighted by molar-refractivity contribution is 5.55. The summed E-state index contributed by atoms with van der Waals surface area (Å²) in [4.78, 5) is 21.8. The first-order chi connectivity index (χ1) is 20.9. The Kier molecular flexibility index (Phi) is 9.06. The molecular weight excluding hydrogens is 540 g/mol. The Bertz CT molecular complexity index is 1750. The van der Waals surface area contributed by atoms with E-state index in [1.807, 2.05) is 38.1 Å². The van der Waals surface area contributed by atoms with E-state index >= 15 is 0 Å². The first-order valence-corrected chi connectivity index (χ1v) is 13.9. The SMILES string of the molecule is Cc1cc(C#CC=C2CCN(Cc3cccc([N+](=O)[O-])c3)CC2)cc(C)c1Oc1ccnc(Nc2ccc(C#N)cc2)n1. The fourth-order valence-corrected chi connectivity index (χ4v) is 4.90. The smallest absolute Gasteiger partial charge is 0.269 e. The third kappa shape index (κ3) is 7.82. The number of nitro groups is 1. The molecule has 0 aliphatic carbocycles. The maximum Gasteiger partial charge on any atom is 0.269 e. The first kappa shape index (κ1) is 29.0. The average Bonchev–Trinajstić information content (AvgIpc) is 3.01. The number of likely N-dealkylation sites (tertiary alicyclic amines) is 1. The zero-order valence-corrected chi connectivity index (χ0v) is 24.0. The molecule has 0 atom stereocenters. The molecule has 214 valence electrons. The van der Waals surface area contributed by atoms with E-state index in [1.165, 1.54) is 11.6 Å². The van der Waals surface area contributed by atoms with E-state index in [0.717, 1.165) is 59.6 Å². The maximum atomic E-state index is 11.0. The molecule has 9 nitrogen and oxygen atoms in total. The van der Waals surface area contributed by atoms with Gasteiger partial charge < -0.3 is 10.1 Å². The van der Waals surface area contributed by atoms with Gasteiger partial charge in [0.25, 0.3) is 5.69 Å². The fourth-order valence-electron chi connectivity index (χ4n) is 4.90. The Hall–Kier alpha value is -5.51. The number of nitro benzene ring substituents is 1. The number of hydrogen-bond acceptors (Lipinski definition) is 8. The van der Waals surface area contributed by atoms with Crippen molar-refractivity contribution in [1.82, 2.24) is 14.9 Å². The highest BCUT2D eigenvalue weighted by Crippen LogP contribution is 2.29. The molecule has 43 heavy (non-hydrogen) atoms. The molecule has 5 rings (SSSR count). The quantitative estimate of drug-likeness (QED) is 0.144. The number of allylic oxidation sites excluding steroid dienone is 1. The Morgan fingerprint density at radius 2 is 1.79 bits per heavy atom. The average molecular weight is 571 g/mol. The molecule has 0 saturated carbocycles. The van der Waals surface area contributed by atoms with Crippen molar-refractivity contribution in [3.8, 4) is 29.5 Å². The first-order valence-electron chi connectivity index (χ1n) is 13.9. The minimum absolute atomic E-state index is 0.131. The van der Waals surface area contributed by atoms with Gasteiger partial charge in [-0.05, 0) is 85.9 Å². The summed E-state index contributed by atoms with van der Waals surface area (Å²) in [5.74, 6) is 8.02. The van der Waals surface area contributed by atoms with E-state index in [2.05, 4.69) is 38.1 Å². The van der Waals surface area contributed by atoms with E-state index in [-0.39, 0.29) is 10.6 Å².